The van der Waals surface area contributed by atoms with E-state index in [0.29, 0.717) is 25.3 Å². The lowest BCUT2D eigenvalue weighted by Gasteiger charge is -2.31. The molecule has 5 nitrogen and oxygen atoms in total. The van der Waals surface area contributed by atoms with Gasteiger partial charge < -0.3 is 15.0 Å². The molecule has 1 aliphatic rings. The minimum Gasteiger partial charge on any atom is -0.449 e. The van der Waals surface area contributed by atoms with Crippen LogP contribution in [0.5, 0.6) is 0 Å². The van der Waals surface area contributed by atoms with Crippen molar-refractivity contribution in [1.29, 1.82) is 0 Å². The Bertz CT molecular complexity index is 597. The molecule has 144 valence electrons. The maximum absolute atomic E-state index is 12.4. The van der Waals surface area contributed by atoms with Gasteiger partial charge in [-0.05, 0) is 42.4 Å². The van der Waals surface area contributed by atoms with Gasteiger partial charge in [0.1, 0.15) is 0 Å². The molecule has 2 amide bonds. The van der Waals surface area contributed by atoms with E-state index >= 15 is 0 Å². The number of hydrogen-bond acceptors (Lipinski definition) is 3. The van der Waals surface area contributed by atoms with Gasteiger partial charge in [-0.2, -0.15) is 0 Å². The normalized spacial score (nSPS) is 15.6. The standard InChI is InChI=1S/C21H32N2O3/c1-5-6-15-26-20(25)23-13-11-18(12-14-23)22-19(24)16-7-9-17(10-8-16)21(2,3)4/h7-10,18H,5-6,11-15H2,1-4H3,(H,22,24). The zero-order chi connectivity index (χ0) is 19.2. The Kier molecular flexibility index (Phi) is 7.06. The number of carbonyl (C=O) groups is 2. The largest absolute Gasteiger partial charge is 0.449 e. The third-order valence-electron chi connectivity index (χ3n) is 4.82. The van der Waals surface area contributed by atoms with E-state index in [1.54, 1.807) is 4.90 Å². The third-order valence-corrected chi connectivity index (χ3v) is 4.82. The molecular formula is C21H32N2O3. The van der Waals surface area contributed by atoms with Crippen molar-refractivity contribution >= 4 is 12.0 Å². The number of carbonyl (C=O) groups excluding carboxylic acids is 2. The summed E-state index contributed by atoms with van der Waals surface area (Å²) in [5.74, 6) is -0.0468. The Balaban J connectivity index is 1.80. The smallest absolute Gasteiger partial charge is 0.409 e. The highest BCUT2D eigenvalue weighted by atomic mass is 16.6. The zero-order valence-electron chi connectivity index (χ0n) is 16.5. The molecule has 1 fully saturated rings. The van der Waals surface area contributed by atoms with Gasteiger partial charge in [0.2, 0.25) is 0 Å². The zero-order valence-corrected chi connectivity index (χ0v) is 16.5. The van der Waals surface area contributed by atoms with E-state index in [9.17, 15) is 9.59 Å². The highest BCUT2D eigenvalue weighted by Crippen LogP contribution is 2.22. The fraction of sp³-hybridized carbons (Fsp3) is 0.619. The first-order chi connectivity index (χ1) is 12.3. The summed E-state index contributed by atoms with van der Waals surface area (Å²) >= 11 is 0. The molecule has 1 aromatic rings. The van der Waals surface area contributed by atoms with E-state index in [1.165, 1.54) is 5.56 Å². The highest BCUT2D eigenvalue weighted by Gasteiger charge is 2.25. The average molecular weight is 360 g/mol. The van der Waals surface area contributed by atoms with Gasteiger partial charge in [-0.1, -0.05) is 46.2 Å². The van der Waals surface area contributed by atoms with Crippen molar-refractivity contribution in [3.8, 4) is 0 Å². The summed E-state index contributed by atoms with van der Waals surface area (Å²) in [6, 6.07) is 7.91. The number of benzene rings is 1. The maximum atomic E-state index is 12.4. The predicted octanol–water partition coefficient (Wildman–Crippen LogP) is 4.12. The summed E-state index contributed by atoms with van der Waals surface area (Å²) < 4.78 is 5.25. The van der Waals surface area contributed by atoms with Crippen molar-refractivity contribution in [2.75, 3.05) is 19.7 Å². The molecule has 1 aliphatic heterocycles. The lowest BCUT2D eigenvalue weighted by Crippen LogP contribution is -2.46. The van der Waals surface area contributed by atoms with Gasteiger partial charge in [0, 0.05) is 24.7 Å². The molecule has 0 bridgehead atoms. The molecule has 5 heteroatoms. The van der Waals surface area contributed by atoms with Crippen LogP contribution in [-0.2, 0) is 10.2 Å². The van der Waals surface area contributed by atoms with Crippen LogP contribution in [0.4, 0.5) is 4.79 Å². The number of hydrogen-bond donors (Lipinski definition) is 1. The van der Waals surface area contributed by atoms with Crippen molar-refractivity contribution < 1.29 is 14.3 Å². The van der Waals surface area contributed by atoms with Crippen molar-refractivity contribution in [2.45, 2.75) is 64.8 Å². The Hall–Kier alpha value is -2.04. The van der Waals surface area contributed by atoms with Gasteiger partial charge >= 0.3 is 6.09 Å². The second kappa shape index (κ2) is 9.06. The van der Waals surface area contributed by atoms with Gasteiger partial charge in [-0.15, -0.1) is 0 Å². The number of nitrogens with one attached hydrogen (secondary N) is 1. The molecule has 1 heterocycles. The lowest BCUT2D eigenvalue weighted by atomic mass is 9.86. The first-order valence-electron chi connectivity index (χ1n) is 9.64. The van der Waals surface area contributed by atoms with E-state index in [4.69, 9.17) is 4.74 Å². The molecule has 26 heavy (non-hydrogen) atoms. The van der Waals surface area contributed by atoms with Crippen LogP contribution >= 0.6 is 0 Å². The fourth-order valence-electron chi connectivity index (χ4n) is 2.99. The second-order valence-electron chi connectivity index (χ2n) is 8.03. The number of ether oxygens (including phenoxy) is 1. The summed E-state index contributed by atoms with van der Waals surface area (Å²) in [6.07, 6.45) is 3.19. The van der Waals surface area contributed by atoms with E-state index in [2.05, 4.69) is 33.0 Å². The van der Waals surface area contributed by atoms with Gasteiger partial charge in [-0.25, -0.2) is 4.79 Å². The molecule has 0 aromatic heterocycles. The van der Waals surface area contributed by atoms with E-state index in [0.717, 1.165) is 25.7 Å². The van der Waals surface area contributed by atoms with Crippen LogP contribution in [0, 0.1) is 0 Å². The summed E-state index contributed by atoms with van der Waals surface area (Å²) in [4.78, 5) is 26.1. The van der Waals surface area contributed by atoms with Gasteiger partial charge in [0.05, 0.1) is 6.61 Å². The summed E-state index contributed by atoms with van der Waals surface area (Å²) in [6.45, 7) is 10.3. The van der Waals surface area contributed by atoms with Crippen LogP contribution < -0.4 is 5.32 Å². The van der Waals surface area contributed by atoms with E-state index in [1.807, 2.05) is 24.3 Å². The van der Waals surface area contributed by atoms with Crippen LogP contribution in [0.15, 0.2) is 24.3 Å². The van der Waals surface area contributed by atoms with E-state index < -0.39 is 0 Å². The molecule has 0 aliphatic carbocycles. The van der Waals surface area contributed by atoms with Crippen LogP contribution in [0.25, 0.3) is 0 Å². The third kappa shape index (κ3) is 5.75. The van der Waals surface area contributed by atoms with Gasteiger partial charge in [-0.3, -0.25) is 4.79 Å². The molecule has 1 saturated heterocycles. The fourth-order valence-corrected chi connectivity index (χ4v) is 2.99. The molecule has 0 atom stereocenters. The minimum absolute atomic E-state index is 0.0468. The first kappa shape index (κ1) is 20.3. The molecule has 1 N–H and O–H groups in total. The average Bonchev–Trinajstić information content (AvgIpc) is 2.62. The molecule has 0 saturated carbocycles. The summed E-state index contributed by atoms with van der Waals surface area (Å²) in [5, 5.41) is 3.09. The Morgan fingerprint density at radius 1 is 1.15 bits per heavy atom. The van der Waals surface area contributed by atoms with Crippen LogP contribution in [-0.4, -0.2) is 42.6 Å². The van der Waals surface area contributed by atoms with Crippen LogP contribution in [0.3, 0.4) is 0 Å². The van der Waals surface area contributed by atoms with Crippen LogP contribution in [0.1, 0.15) is 69.3 Å². The molecular weight excluding hydrogens is 328 g/mol. The van der Waals surface area contributed by atoms with Crippen molar-refractivity contribution in [3.63, 3.8) is 0 Å². The predicted molar refractivity (Wildman–Crippen MR) is 103 cm³/mol. The lowest BCUT2D eigenvalue weighted by molar-refractivity contribution is 0.0836. The quantitative estimate of drug-likeness (QED) is 0.804. The number of unbranched alkanes of at least 4 members (excludes halogenated alkanes) is 1. The van der Waals surface area contributed by atoms with Crippen molar-refractivity contribution in [2.24, 2.45) is 0 Å². The number of rotatable bonds is 5. The minimum atomic E-state index is -0.235. The number of likely N-dealkylation sites (tertiary alicyclic amines) is 1. The highest BCUT2D eigenvalue weighted by molar-refractivity contribution is 5.94. The number of piperidine rings is 1. The molecule has 0 radical (unpaired) electrons. The van der Waals surface area contributed by atoms with Gasteiger partial charge in [0.15, 0.2) is 0 Å². The molecule has 1 aromatic carbocycles. The molecule has 2 rings (SSSR count). The van der Waals surface area contributed by atoms with Crippen LogP contribution in [0.2, 0.25) is 0 Å². The maximum Gasteiger partial charge on any atom is 0.409 e. The topological polar surface area (TPSA) is 58.6 Å². The summed E-state index contributed by atoms with van der Waals surface area (Å²) in [5.41, 5.74) is 1.97. The first-order valence-corrected chi connectivity index (χ1v) is 9.64. The molecule has 0 spiro atoms. The monoisotopic (exact) mass is 360 g/mol. The summed E-state index contributed by atoms with van der Waals surface area (Å²) in [7, 11) is 0. The van der Waals surface area contributed by atoms with Crippen molar-refractivity contribution in [1.82, 2.24) is 10.2 Å². The second-order valence-corrected chi connectivity index (χ2v) is 8.03. The van der Waals surface area contributed by atoms with Gasteiger partial charge in [0.25, 0.3) is 5.91 Å². The molecule has 0 unspecified atom stereocenters. The van der Waals surface area contributed by atoms with Crippen molar-refractivity contribution in [3.05, 3.63) is 35.4 Å². The Morgan fingerprint density at radius 3 is 2.31 bits per heavy atom. The number of amides is 2. The Morgan fingerprint density at radius 2 is 1.77 bits per heavy atom. The van der Waals surface area contributed by atoms with E-state index in [-0.39, 0.29) is 23.5 Å². The number of nitrogens with zero attached hydrogens (tertiary/aromatic N) is 1. The Labute approximate surface area is 157 Å². The SMILES string of the molecule is CCCCOC(=O)N1CCC(NC(=O)c2ccc(C(C)(C)C)cc2)CC1.